The third-order valence-corrected chi connectivity index (χ3v) is 6.25. The summed E-state index contributed by atoms with van der Waals surface area (Å²) in [7, 11) is -3.49. The van der Waals surface area contributed by atoms with Crippen LogP contribution in [0.2, 0.25) is 0 Å². The molecule has 0 aliphatic heterocycles. The first kappa shape index (κ1) is 21.6. The second kappa shape index (κ2) is 8.71. The van der Waals surface area contributed by atoms with Crippen LogP contribution in [-0.2, 0) is 16.6 Å². The summed E-state index contributed by atoms with van der Waals surface area (Å²) in [5, 5.41) is 2.95. The Labute approximate surface area is 178 Å². The minimum absolute atomic E-state index is 0.233. The molecule has 0 unspecified atom stereocenters. The molecule has 0 heterocycles. The number of rotatable bonds is 6. The van der Waals surface area contributed by atoms with E-state index in [1.807, 2.05) is 63.2 Å². The van der Waals surface area contributed by atoms with Crippen LogP contribution in [0.3, 0.4) is 0 Å². The van der Waals surface area contributed by atoms with Crippen LogP contribution < -0.4 is 9.62 Å². The Balaban J connectivity index is 1.85. The number of carbonyl (C=O) groups is 1. The molecule has 0 aromatic heterocycles. The summed E-state index contributed by atoms with van der Waals surface area (Å²) in [4.78, 5) is 12.7. The highest BCUT2D eigenvalue weighted by Crippen LogP contribution is 2.24. The van der Waals surface area contributed by atoms with E-state index < -0.39 is 10.0 Å². The van der Waals surface area contributed by atoms with Gasteiger partial charge in [0.2, 0.25) is 10.0 Å². The number of sulfonamides is 1. The number of nitrogens with zero attached hydrogens (tertiary/aromatic N) is 1. The smallest absolute Gasteiger partial charge is 0.255 e. The standard InChI is InChI=1S/C24H26N2O3S/c1-17-8-5-6-11-21(17)16-26(30(4,28)29)22-14-12-20(13-15-22)24(27)25-23-18(2)9-7-10-19(23)3/h5-15H,16H2,1-4H3,(H,25,27). The molecular formula is C24H26N2O3S. The molecule has 0 aliphatic carbocycles. The maximum absolute atomic E-state index is 12.7. The topological polar surface area (TPSA) is 66.5 Å². The molecule has 0 radical (unpaired) electrons. The highest BCUT2D eigenvalue weighted by molar-refractivity contribution is 7.92. The zero-order valence-electron chi connectivity index (χ0n) is 17.6. The molecule has 3 aromatic rings. The average Bonchev–Trinajstić information content (AvgIpc) is 2.69. The molecule has 6 heteroatoms. The normalized spacial score (nSPS) is 11.2. The lowest BCUT2D eigenvalue weighted by molar-refractivity contribution is 0.102. The van der Waals surface area contributed by atoms with E-state index in [1.165, 1.54) is 10.6 Å². The molecule has 1 amide bonds. The number of para-hydroxylation sites is 1. The molecule has 3 rings (SSSR count). The van der Waals surface area contributed by atoms with E-state index in [4.69, 9.17) is 0 Å². The van der Waals surface area contributed by atoms with E-state index in [-0.39, 0.29) is 12.5 Å². The van der Waals surface area contributed by atoms with Crippen molar-refractivity contribution >= 4 is 27.3 Å². The predicted octanol–water partition coefficient (Wildman–Crippen LogP) is 4.83. The van der Waals surface area contributed by atoms with Gasteiger partial charge in [0, 0.05) is 11.3 Å². The molecule has 5 nitrogen and oxygen atoms in total. The van der Waals surface area contributed by atoms with Crippen LogP contribution >= 0.6 is 0 Å². The Hall–Kier alpha value is -3.12. The largest absolute Gasteiger partial charge is 0.322 e. The molecule has 0 atom stereocenters. The van der Waals surface area contributed by atoms with Crippen molar-refractivity contribution in [1.82, 2.24) is 0 Å². The number of benzene rings is 3. The molecule has 0 saturated heterocycles. The molecule has 156 valence electrons. The molecule has 0 spiro atoms. The van der Waals surface area contributed by atoms with E-state index in [2.05, 4.69) is 5.32 Å². The van der Waals surface area contributed by atoms with E-state index in [9.17, 15) is 13.2 Å². The minimum Gasteiger partial charge on any atom is -0.322 e. The van der Waals surface area contributed by atoms with Gasteiger partial charge in [-0.05, 0) is 67.3 Å². The maximum Gasteiger partial charge on any atom is 0.255 e. The first-order valence-corrected chi connectivity index (χ1v) is 11.5. The fourth-order valence-corrected chi connectivity index (χ4v) is 4.20. The summed E-state index contributed by atoms with van der Waals surface area (Å²) in [5.41, 5.74) is 5.71. The number of nitrogens with one attached hydrogen (secondary N) is 1. The Morgan fingerprint density at radius 2 is 1.40 bits per heavy atom. The fraction of sp³-hybridized carbons (Fsp3) is 0.208. The van der Waals surface area contributed by atoms with Gasteiger partial charge in [0.15, 0.2) is 0 Å². The summed E-state index contributed by atoms with van der Waals surface area (Å²) in [5.74, 6) is -0.233. The van der Waals surface area contributed by atoms with Crippen molar-refractivity contribution in [2.45, 2.75) is 27.3 Å². The molecule has 3 aromatic carbocycles. The predicted molar refractivity (Wildman–Crippen MR) is 123 cm³/mol. The van der Waals surface area contributed by atoms with Crippen molar-refractivity contribution in [1.29, 1.82) is 0 Å². The fourth-order valence-electron chi connectivity index (χ4n) is 3.32. The quantitative estimate of drug-likeness (QED) is 0.619. The van der Waals surface area contributed by atoms with Crippen LogP contribution in [0.5, 0.6) is 0 Å². The lowest BCUT2D eigenvalue weighted by atomic mass is 10.1. The number of anilines is 2. The highest BCUT2D eigenvalue weighted by Gasteiger charge is 2.19. The second-order valence-corrected chi connectivity index (χ2v) is 9.37. The van der Waals surface area contributed by atoms with Crippen molar-refractivity contribution in [2.24, 2.45) is 0 Å². The van der Waals surface area contributed by atoms with Crippen molar-refractivity contribution < 1.29 is 13.2 Å². The molecule has 0 saturated carbocycles. The van der Waals surface area contributed by atoms with Gasteiger partial charge < -0.3 is 5.32 Å². The second-order valence-electron chi connectivity index (χ2n) is 7.46. The van der Waals surface area contributed by atoms with Crippen LogP contribution in [-0.4, -0.2) is 20.6 Å². The number of aryl methyl sites for hydroxylation is 3. The van der Waals surface area contributed by atoms with Gasteiger partial charge in [-0.15, -0.1) is 0 Å². The van der Waals surface area contributed by atoms with Crippen LogP contribution in [0.15, 0.2) is 66.7 Å². The van der Waals surface area contributed by atoms with Gasteiger partial charge in [0.25, 0.3) is 5.91 Å². The summed E-state index contributed by atoms with van der Waals surface area (Å²) in [6.07, 6.45) is 1.19. The number of carbonyl (C=O) groups excluding carboxylic acids is 1. The number of hydrogen-bond acceptors (Lipinski definition) is 3. The van der Waals surface area contributed by atoms with Gasteiger partial charge in [-0.3, -0.25) is 9.10 Å². The lowest BCUT2D eigenvalue weighted by Crippen LogP contribution is -2.29. The van der Waals surface area contributed by atoms with E-state index in [1.54, 1.807) is 24.3 Å². The van der Waals surface area contributed by atoms with Crippen LogP contribution in [0.25, 0.3) is 0 Å². The van der Waals surface area contributed by atoms with Gasteiger partial charge in [-0.25, -0.2) is 8.42 Å². The Morgan fingerprint density at radius 1 is 0.833 bits per heavy atom. The molecular weight excluding hydrogens is 396 g/mol. The lowest BCUT2D eigenvalue weighted by Gasteiger charge is -2.23. The zero-order valence-corrected chi connectivity index (χ0v) is 18.5. The van der Waals surface area contributed by atoms with Gasteiger partial charge in [0.1, 0.15) is 0 Å². The van der Waals surface area contributed by atoms with Crippen molar-refractivity contribution in [2.75, 3.05) is 15.9 Å². The summed E-state index contributed by atoms with van der Waals surface area (Å²) < 4.78 is 26.2. The summed E-state index contributed by atoms with van der Waals surface area (Å²) >= 11 is 0. The molecule has 30 heavy (non-hydrogen) atoms. The third-order valence-electron chi connectivity index (χ3n) is 5.11. The highest BCUT2D eigenvalue weighted by atomic mass is 32.2. The van der Waals surface area contributed by atoms with E-state index >= 15 is 0 Å². The minimum atomic E-state index is -3.49. The monoisotopic (exact) mass is 422 g/mol. The summed E-state index contributed by atoms with van der Waals surface area (Å²) in [6.45, 7) is 6.08. The molecule has 1 N–H and O–H groups in total. The first-order chi connectivity index (χ1) is 14.2. The Kier molecular flexibility index (Phi) is 6.27. The van der Waals surface area contributed by atoms with Crippen molar-refractivity contribution in [3.05, 3.63) is 94.5 Å². The third kappa shape index (κ3) is 4.89. The maximum atomic E-state index is 12.7. The van der Waals surface area contributed by atoms with Crippen LogP contribution in [0.1, 0.15) is 32.6 Å². The number of hydrogen-bond donors (Lipinski definition) is 1. The van der Waals surface area contributed by atoms with Gasteiger partial charge >= 0.3 is 0 Å². The van der Waals surface area contributed by atoms with Gasteiger partial charge in [0.05, 0.1) is 18.5 Å². The Bertz CT molecular complexity index is 1150. The number of amides is 1. The average molecular weight is 423 g/mol. The molecule has 0 fully saturated rings. The van der Waals surface area contributed by atoms with E-state index in [0.717, 1.165) is 27.9 Å². The molecule has 0 bridgehead atoms. The first-order valence-electron chi connectivity index (χ1n) is 9.66. The molecule has 0 aliphatic rings. The SMILES string of the molecule is Cc1ccccc1CN(c1ccc(C(=O)Nc2c(C)cccc2C)cc1)S(C)(=O)=O. The van der Waals surface area contributed by atoms with E-state index in [0.29, 0.717) is 11.3 Å². The van der Waals surface area contributed by atoms with Gasteiger partial charge in [-0.2, -0.15) is 0 Å². The van der Waals surface area contributed by atoms with Crippen molar-refractivity contribution in [3.8, 4) is 0 Å². The van der Waals surface area contributed by atoms with Gasteiger partial charge in [-0.1, -0.05) is 42.5 Å². The Morgan fingerprint density at radius 3 is 1.97 bits per heavy atom. The van der Waals surface area contributed by atoms with Crippen LogP contribution in [0.4, 0.5) is 11.4 Å². The van der Waals surface area contributed by atoms with Crippen LogP contribution in [0, 0.1) is 20.8 Å². The van der Waals surface area contributed by atoms with Crippen molar-refractivity contribution in [3.63, 3.8) is 0 Å². The zero-order chi connectivity index (χ0) is 21.9. The summed E-state index contributed by atoms with van der Waals surface area (Å²) in [6, 6.07) is 20.2.